The molecule has 0 radical (unpaired) electrons. The molecule has 9 aromatic carbocycles. The summed E-state index contributed by atoms with van der Waals surface area (Å²) in [6, 6.07) is 70.9. The minimum absolute atomic E-state index is 0.911. The van der Waals surface area contributed by atoms with Crippen LogP contribution in [0.5, 0.6) is 0 Å². The molecule has 0 N–H and O–H groups in total. The number of nitrogens with zero attached hydrogens (tertiary/aromatic N) is 2. The Morgan fingerprint density at radius 1 is 0.293 bits per heavy atom. The van der Waals surface area contributed by atoms with Gasteiger partial charge in [-0.3, -0.25) is 0 Å². The third kappa shape index (κ3) is 4.61. The van der Waals surface area contributed by atoms with Crippen LogP contribution in [0.4, 0.5) is 0 Å². The summed E-state index contributed by atoms with van der Waals surface area (Å²) in [5, 5.41) is 9.90. The van der Waals surface area contributed by atoms with Gasteiger partial charge in [0.05, 0.1) is 22.1 Å². The smallest absolute Gasteiger partial charge is 0.135 e. The molecule has 13 aromatic rings. The average molecular weight is 757 g/mol. The van der Waals surface area contributed by atoms with E-state index in [0.717, 1.165) is 27.6 Å². The molecule has 0 aliphatic carbocycles. The number of fused-ring (bicyclic) bond motifs is 12. The van der Waals surface area contributed by atoms with E-state index in [9.17, 15) is 0 Å². The van der Waals surface area contributed by atoms with Gasteiger partial charge in [0.2, 0.25) is 0 Å². The van der Waals surface area contributed by atoms with Gasteiger partial charge in [-0.2, -0.15) is 0 Å². The molecule has 0 aliphatic rings. The maximum absolute atomic E-state index is 6.14. The lowest BCUT2D eigenvalue weighted by Gasteiger charge is -2.11. The van der Waals surface area contributed by atoms with Crippen molar-refractivity contribution in [1.82, 2.24) is 9.13 Å². The fourth-order valence-electron chi connectivity index (χ4n) is 9.44. The van der Waals surface area contributed by atoms with Gasteiger partial charge in [-0.1, -0.05) is 103 Å². The quantitative estimate of drug-likeness (QED) is 0.175. The van der Waals surface area contributed by atoms with Gasteiger partial charge in [0, 0.05) is 63.9 Å². The number of rotatable bonds is 4. The lowest BCUT2D eigenvalue weighted by Crippen LogP contribution is -1.94. The SMILES string of the molecule is c1cc(-c2ccc3oc4ccccc4c3c2)cc(-n2c3ccccc3c3cc(-c4ccc5c(c4)c4ccccc4n5-c4ccc5sc6ccccc6c5c4)ccc32)c1. The second kappa shape index (κ2) is 12.1. The Bertz CT molecular complexity index is 3820. The predicted octanol–water partition coefficient (Wildman–Crippen LogP) is 15.5. The molecule has 4 heteroatoms. The van der Waals surface area contributed by atoms with Crippen LogP contribution in [0, 0.1) is 0 Å². The van der Waals surface area contributed by atoms with Crippen LogP contribution in [0.3, 0.4) is 0 Å². The molecule has 0 atom stereocenters. The van der Waals surface area contributed by atoms with Crippen molar-refractivity contribution in [3.05, 3.63) is 194 Å². The third-order valence-electron chi connectivity index (χ3n) is 12.1. The summed E-state index contributed by atoms with van der Waals surface area (Å²) in [5.74, 6) is 0. The molecular formula is C54H32N2OS. The van der Waals surface area contributed by atoms with Gasteiger partial charge in [-0.05, 0) is 113 Å². The Hall–Kier alpha value is -7.40. The highest BCUT2D eigenvalue weighted by Gasteiger charge is 2.18. The Balaban J connectivity index is 0.941. The highest BCUT2D eigenvalue weighted by molar-refractivity contribution is 7.25. The number of benzene rings is 9. The van der Waals surface area contributed by atoms with E-state index in [1.54, 1.807) is 0 Å². The average Bonchev–Trinajstić information content (AvgIpc) is 4.03. The zero-order valence-corrected chi connectivity index (χ0v) is 32.0. The number of para-hydroxylation sites is 3. The summed E-state index contributed by atoms with van der Waals surface area (Å²) >= 11 is 1.86. The van der Waals surface area contributed by atoms with Crippen molar-refractivity contribution in [1.29, 1.82) is 0 Å². The molecule has 58 heavy (non-hydrogen) atoms. The van der Waals surface area contributed by atoms with Crippen molar-refractivity contribution in [3.63, 3.8) is 0 Å². The molecule has 0 unspecified atom stereocenters. The summed E-state index contributed by atoms with van der Waals surface area (Å²) in [5.41, 5.74) is 13.7. The van der Waals surface area contributed by atoms with Crippen molar-refractivity contribution < 1.29 is 4.42 Å². The molecule has 4 aromatic heterocycles. The van der Waals surface area contributed by atoms with Crippen LogP contribution in [0.15, 0.2) is 199 Å². The largest absolute Gasteiger partial charge is 0.456 e. The van der Waals surface area contributed by atoms with Crippen LogP contribution in [-0.4, -0.2) is 9.13 Å². The third-order valence-corrected chi connectivity index (χ3v) is 13.3. The first-order valence-corrected chi connectivity index (χ1v) is 20.6. The van der Waals surface area contributed by atoms with Gasteiger partial charge < -0.3 is 13.6 Å². The lowest BCUT2D eigenvalue weighted by molar-refractivity contribution is 0.669. The van der Waals surface area contributed by atoms with Crippen molar-refractivity contribution in [2.45, 2.75) is 0 Å². The van der Waals surface area contributed by atoms with Crippen molar-refractivity contribution >= 4 is 97.1 Å². The first-order chi connectivity index (χ1) is 28.7. The normalized spacial score (nSPS) is 12.1. The highest BCUT2D eigenvalue weighted by atomic mass is 32.1. The molecule has 13 rings (SSSR count). The molecule has 0 fully saturated rings. The highest BCUT2D eigenvalue weighted by Crippen LogP contribution is 2.41. The van der Waals surface area contributed by atoms with Gasteiger partial charge in [-0.15, -0.1) is 11.3 Å². The van der Waals surface area contributed by atoms with Gasteiger partial charge >= 0.3 is 0 Å². The van der Waals surface area contributed by atoms with E-state index in [4.69, 9.17) is 4.42 Å². The fraction of sp³-hybridized carbons (Fsp3) is 0. The first kappa shape index (κ1) is 31.8. The molecule has 0 amide bonds. The number of hydrogen-bond donors (Lipinski definition) is 0. The zero-order valence-electron chi connectivity index (χ0n) is 31.2. The van der Waals surface area contributed by atoms with E-state index in [0.29, 0.717) is 0 Å². The number of thiophene rings is 1. The van der Waals surface area contributed by atoms with Crippen LogP contribution >= 0.6 is 11.3 Å². The van der Waals surface area contributed by atoms with Crippen LogP contribution < -0.4 is 0 Å². The van der Waals surface area contributed by atoms with Crippen LogP contribution in [0.1, 0.15) is 0 Å². The van der Waals surface area contributed by atoms with Crippen molar-refractivity contribution in [2.24, 2.45) is 0 Å². The number of furan rings is 1. The van der Waals surface area contributed by atoms with Crippen LogP contribution in [-0.2, 0) is 0 Å². The second-order valence-corrected chi connectivity index (χ2v) is 16.4. The van der Waals surface area contributed by atoms with Crippen molar-refractivity contribution in [3.8, 4) is 33.6 Å². The zero-order chi connectivity index (χ0) is 37.9. The molecule has 0 spiro atoms. The van der Waals surface area contributed by atoms with Gasteiger partial charge in [0.1, 0.15) is 11.2 Å². The van der Waals surface area contributed by atoms with E-state index in [2.05, 4.69) is 191 Å². The summed E-state index contributed by atoms with van der Waals surface area (Å²) in [6.07, 6.45) is 0. The monoisotopic (exact) mass is 756 g/mol. The maximum atomic E-state index is 6.14. The summed E-state index contributed by atoms with van der Waals surface area (Å²) in [4.78, 5) is 0. The predicted molar refractivity (Wildman–Crippen MR) is 246 cm³/mol. The topological polar surface area (TPSA) is 23.0 Å². The summed E-state index contributed by atoms with van der Waals surface area (Å²) in [6.45, 7) is 0. The molecule has 0 saturated carbocycles. The van der Waals surface area contributed by atoms with Gasteiger partial charge in [0.15, 0.2) is 0 Å². The minimum atomic E-state index is 0.911. The second-order valence-electron chi connectivity index (χ2n) is 15.3. The van der Waals surface area contributed by atoms with E-state index in [1.807, 2.05) is 23.5 Å². The molecule has 4 heterocycles. The summed E-state index contributed by atoms with van der Waals surface area (Å²) in [7, 11) is 0. The molecule has 270 valence electrons. The van der Waals surface area contributed by atoms with Gasteiger partial charge in [0.25, 0.3) is 0 Å². The molecule has 3 nitrogen and oxygen atoms in total. The molecule has 0 aliphatic heterocycles. The Morgan fingerprint density at radius 3 is 1.53 bits per heavy atom. The van der Waals surface area contributed by atoms with E-state index in [1.165, 1.54) is 91.7 Å². The van der Waals surface area contributed by atoms with Crippen LogP contribution in [0.25, 0.3) is 119 Å². The van der Waals surface area contributed by atoms with Crippen LogP contribution in [0.2, 0.25) is 0 Å². The lowest BCUT2D eigenvalue weighted by atomic mass is 10.0. The van der Waals surface area contributed by atoms with Crippen molar-refractivity contribution in [2.75, 3.05) is 0 Å². The molecule has 0 saturated heterocycles. The van der Waals surface area contributed by atoms with E-state index < -0.39 is 0 Å². The Kier molecular flexibility index (Phi) is 6.60. The minimum Gasteiger partial charge on any atom is -0.456 e. The standard InChI is InChI=1S/C54H32N2OS/c1-5-16-47-39(12-1)43-29-34(20-24-49(43)55(47)37-11-9-10-33(28-37)36-22-26-52-45(31-36)41-14-3-7-18-51(41)57-52)35-21-25-50-44(30-35)40-13-2-6-17-48(40)56(50)38-23-27-54-46(32-38)42-15-4-8-19-53(42)58-54/h1-32H. The number of aromatic nitrogens is 2. The van der Waals surface area contributed by atoms with Gasteiger partial charge in [-0.25, -0.2) is 0 Å². The fourth-order valence-corrected chi connectivity index (χ4v) is 10.5. The molecular weight excluding hydrogens is 725 g/mol. The maximum Gasteiger partial charge on any atom is 0.135 e. The summed E-state index contributed by atoms with van der Waals surface area (Å²) < 4.78 is 13.6. The number of hydrogen-bond acceptors (Lipinski definition) is 2. The Morgan fingerprint density at radius 2 is 0.810 bits per heavy atom. The van der Waals surface area contributed by atoms with E-state index in [-0.39, 0.29) is 0 Å². The first-order valence-electron chi connectivity index (χ1n) is 19.7. The Labute approximate surface area is 336 Å². The van der Waals surface area contributed by atoms with E-state index >= 15 is 0 Å². The molecule has 0 bridgehead atoms.